The van der Waals surface area contributed by atoms with Crippen LogP contribution >= 0.6 is 0 Å². The monoisotopic (exact) mass is 388 g/mol. The number of hydrogen-bond acceptors (Lipinski definition) is 4. The smallest absolute Gasteiger partial charge is 0.284 e. The summed E-state index contributed by atoms with van der Waals surface area (Å²) in [5.74, 6) is 0.966. The van der Waals surface area contributed by atoms with Crippen LogP contribution < -0.4 is 4.74 Å². The summed E-state index contributed by atoms with van der Waals surface area (Å²) in [5, 5.41) is 0. The van der Waals surface area contributed by atoms with Crippen molar-refractivity contribution in [3.63, 3.8) is 0 Å². The van der Waals surface area contributed by atoms with Crippen molar-refractivity contribution in [2.75, 3.05) is 28.3 Å². The third-order valence-corrected chi connectivity index (χ3v) is 5.11. The van der Waals surface area contributed by atoms with Crippen LogP contribution in [0.15, 0.2) is 64.1 Å². The molecule has 27 heavy (non-hydrogen) atoms. The number of nitrogens with zero attached hydrogens (tertiary/aromatic N) is 2. The molecule has 2 aromatic carbocycles. The third-order valence-electron chi connectivity index (χ3n) is 3.83. The van der Waals surface area contributed by atoms with Crippen molar-refractivity contribution >= 4 is 21.4 Å². The highest BCUT2D eigenvalue weighted by atomic mass is 32.2. The lowest BCUT2D eigenvalue weighted by atomic mass is 10.1. The molecule has 2 aromatic rings. The number of rotatable bonds is 6. The largest absolute Gasteiger partial charge is 0.504 e. The van der Waals surface area contributed by atoms with Gasteiger partial charge in [0.2, 0.25) is 0 Å². The number of sulfonamides is 1. The van der Waals surface area contributed by atoms with Gasteiger partial charge in [-0.1, -0.05) is 29.8 Å². The Balaban J connectivity index is 2.56. The number of benzene rings is 2. The highest BCUT2D eigenvalue weighted by molar-refractivity contribution is 7.90. The predicted molar refractivity (Wildman–Crippen MR) is 107 cm³/mol. The van der Waals surface area contributed by atoms with Gasteiger partial charge < -0.3 is 14.4 Å². The van der Waals surface area contributed by atoms with Crippen molar-refractivity contribution in [2.24, 2.45) is 4.40 Å². The molecule has 0 N–H and O–H groups in total. The minimum Gasteiger partial charge on any atom is -0.504 e. The van der Waals surface area contributed by atoms with Gasteiger partial charge >= 0.3 is 0 Å². The highest BCUT2D eigenvalue weighted by Crippen LogP contribution is 2.23. The average molecular weight is 388 g/mol. The van der Waals surface area contributed by atoms with Crippen LogP contribution in [0.5, 0.6) is 5.75 Å². The molecule has 0 unspecified atom stereocenters. The lowest BCUT2D eigenvalue weighted by Gasteiger charge is -2.19. The number of hydrogen-bond donors (Lipinski definition) is 0. The number of amidine groups is 1. The summed E-state index contributed by atoms with van der Waals surface area (Å²) < 4.78 is 40.0. The molecule has 0 bridgehead atoms. The van der Waals surface area contributed by atoms with E-state index in [1.54, 1.807) is 62.5 Å². The van der Waals surface area contributed by atoms with Gasteiger partial charge in [0.1, 0.15) is 5.75 Å². The van der Waals surface area contributed by atoms with Gasteiger partial charge in [0.25, 0.3) is 10.0 Å². The molecule has 0 fully saturated rings. The zero-order chi connectivity index (χ0) is 20.0. The Morgan fingerprint density at radius 3 is 2.07 bits per heavy atom. The van der Waals surface area contributed by atoms with E-state index in [1.165, 1.54) is 13.4 Å². The van der Waals surface area contributed by atoms with Crippen molar-refractivity contribution in [2.45, 2.75) is 11.8 Å². The van der Waals surface area contributed by atoms with Crippen LogP contribution in [0.25, 0.3) is 5.57 Å². The van der Waals surface area contributed by atoms with Crippen LogP contribution in [0.1, 0.15) is 11.1 Å². The van der Waals surface area contributed by atoms with Gasteiger partial charge in [0, 0.05) is 14.1 Å². The molecule has 144 valence electrons. The highest BCUT2D eigenvalue weighted by Gasteiger charge is 2.20. The molecule has 0 spiro atoms. The van der Waals surface area contributed by atoms with Gasteiger partial charge in [-0.15, -0.1) is 4.40 Å². The summed E-state index contributed by atoms with van der Waals surface area (Å²) in [7, 11) is 2.68. The molecule has 7 heteroatoms. The van der Waals surface area contributed by atoms with Gasteiger partial charge in [-0.2, -0.15) is 8.42 Å². The van der Waals surface area contributed by atoms with E-state index in [2.05, 4.69) is 4.40 Å². The first-order valence-electron chi connectivity index (χ1n) is 8.25. The second kappa shape index (κ2) is 8.73. The number of ether oxygens (including phenoxy) is 2. The first-order chi connectivity index (χ1) is 12.8. The zero-order valence-corrected chi connectivity index (χ0v) is 16.9. The second-order valence-corrected chi connectivity index (χ2v) is 7.70. The molecule has 0 aliphatic heterocycles. The molecular weight excluding hydrogens is 364 g/mol. The predicted octanol–water partition coefficient (Wildman–Crippen LogP) is 3.34. The Hall–Kier alpha value is -2.80. The standard InChI is InChI=1S/C20H24N2O4S/c1-15-6-12-18(13-7-15)27(23,24)21-20(22(2)3)19(14-25-4)16-8-10-17(26-5)11-9-16/h6-14H,1-5H3/b19-14+,21-20+. The van der Waals surface area contributed by atoms with E-state index in [1.807, 2.05) is 19.1 Å². The summed E-state index contributed by atoms with van der Waals surface area (Å²) in [6, 6.07) is 13.8. The van der Waals surface area contributed by atoms with E-state index < -0.39 is 10.0 Å². The fourth-order valence-corrected chi connectivity index (χ4v) is 3.46. The number of likely N-dealkylation sites (N-methyl/N-ethyl adjacent to an activating group) is 1. The van der Waals surface area contributed by atoms with Crippen molar-refractivity contribution in [1.29, 1.82) is 0 Å². The molecule has 0 saturated heterocycles. The van der Waals surface area contributed by atoms with Crippen LogP contribution in [0.2, 0.25) is 0 Å². The lowest BCUT2D eigenvalue weighted by molar-refractivity contribution is 0.340. The minimum absolute atomic E-state index is 0.138. The van der Waals surface area contributed by atoms with Gasteiger partial charge in [-0.25, -0.2) is 0 Å². The van der Waals surface area contributed by atoms with Gasteiger partial charge in [-0.05, 0) is 36.8 Å². The Kier molecular flexibility index (Phi) is 6.63. The van der Waals surface area contributed by atoms with Crippen molar-refractivity contribution in [3.05, 3.63) is 65.9 Å². The van der Waals surface area contributed by atoms with Gasteiger partial charge in [-0.3, -0.25) is 0 Å². The second-order valence-electron chi connectivity index (χ2n) is 6.09. The van der Waals surface area contributed by atoms with E-state index in [-0.39, 0.29) is 10.7 Å². The number of methoxy groups -OCH3 is 2. The van der Waals surface area contributed by atoms with E-state index in [9.17, 15) is 8.42 Å². The summed E-state index contributed by atoms with van der Waals surface area (Å²) in [4.78, 5) is 1.78. The summed E-state index contributed by atoms with van der Waals surface area (Å²) >= 11 is 0. The van der Waals surface area contributed by atoms with Crippen LogP contribution in [-0.4, -0.2) is 47.5 Å². The molecule has 6 nitrogen and oxygen atoms in total. The Morgan fingerprint density at radius 2 is 1.59 bits per heavy atom. The molecule has 0 aromatic heterocycles. The summed E-state index contributed by atoms with van der Waals surface area (Å²) in [5.41, 5.74) is 2.27. The Bertz CT molecular complexity index is 929. The minimum atomic E-state index is -3.88. The van der Waals surface area contributed by atoms with Crippen molar-refractivity contribution in [3.8, 4) is 5.75 Å². The first-order valence-corrected chi connectivity index (χ1v) is 9.69. The number of aryl methyl sites for hydroxylation is 1. The van der Waals surface area contributed by atoms with Crippen molar-refractivity contribution < 1.29 is 17.9 Å². The van der Waals surface area contributed by atoms with Gasteiger partial charge in [0.15, 0.2) is 5.84 Å². The summed E-state index contributed by atoms with van der Waals surface area (Å²) in [6.45, 7) is 1.90. The quantitative estimate of drug-likeness (QED) is 0.431. The fraction of sp³-hybridized carbons (Fsp3) is 0.250. The summed E-state index contributed by atoms with van der Waals surface area (Å²) in [6.07, 6.45) is 1.48. The third kappa shape index (κ3) is 5.10. The molecule has 0 atom stereocenters. The molecule has 2 rings (SSSR count). The molecule has 0 aliphatic rings. The normalized spacial score (nSPS) is 12.6. The van der Waals surface area contributed by atoms with E-state index in [0.29, 0.717) is 11.3 Å². The van der Waals surface area contributed by atoms with Crippen LogP contribution in [0.4, 0.5) is 0 Å². The van der Waals surface area contributed by atoms with Crippen LogP contribution in [0, 0.1) is 6.92 Å². The molecular formula is C20H24N2O4S. The molecule has 0 heterocycles. The maximum Gasteiger partial charge on any atom is 0.284 e. The Labute approximate surface area is 160 Å². The zero-order valence-electron chi connectivity index (χ0n) is 16.1. The molecule has 0 aliphatic carbocycles. The SMILES string of the molecule is CO/C=C(/C(=N\S(=O)(=O)c1ccc(C)cc1)N(C)C)c1ccc(OC)cc1. The lowest BCUT2D eigenvalue weighted by Crippen LogP contribution is -2.25. The average Bonchev–Trinajstić information content (AvgIpc) is 2.65. The molecule has 0 saturated carbocycles. The Morgan fingerprint density at radius 1 is 1.00 bits per heavy atom. The van der Waals surface area contributed by atoms with Crippen LogP contribution in [0.3, 0.4) is 0 Å². The van der Waals surface area contributed by atoms with E-state index in [4.69, 9.17) is 9.47 Å². The van der Waals surface area contributed by atoms with Gasteiger partial charge in [0.05, 0.1) is 31.0 Å². The van der Waals surface area contributed by atoms with E-state index in [0.717, 1.165) is 11.1 Å². The molecule has 0 amide bonds. The topological polar surface area (TPSA) is 68.2 Å². The maximum absolute atomic E-state index is 12.8. The van der Waals surface area contributed by atoms with Crippen molar-refractivity contribution in [1.82, 2.24) is 4.90 Å². The van der Waals surface area contributed by atoms with Crippen LogP contribution in [-0.2, 0) is 14.8 Å². The first kappa shape index (κ1) is 20.5. The fourth-order valence-electron chi connectivity index (χ4n) is 2.39. The molecule has 0 radical (unpaired) electrons. The van der Waals surface area contributed by atoms with E-state index >= 15 is 0 Å². The maximum atomic E-state index is 12.8.